The SMILES string of the molecule is CC(C)(CC=O)CCc1ccccc1. The first-order valence-corrected chi connectivity index (χ1v) is 5.12. The van der Waals surface area contributed by atoms with Gasteiger partial charge < -0.3 is 4.79 Å². The molecule has 0 atom stereocenters. The van der Waals surface area contributed by atoms with Crippen molar-refractivity contribution in [3.8, 4) is 0 Å². The van der Waals surface area contributed by atoms with E-state index in [0.717, 1.165) is 19.1 Å². The summed E-state index contributed by atoms with van der Waals surface area (Å²) in [6.07, 6.45) is 3.79. The molecule has 0 bridgehead atoms. The predicted molar refractivity (Wildman–Crippen MR) is 59.2 cm³/mol. The zero-order valence-corrected chi connectivity index (χ0v) is 8.99. The molecular weight excluding hydrogens is 172 g/mol. The van der Waals surface area contributed by atoms with Crippen molar-refractivity contribution in [1.82, 2.24) is 0 Å². The number of hydrogen-bond donors (Lipinski definition) is 0. The Morgan fingerprint density at radius 1 is 1.21 bits per heavy atom. The van der Waals surface area contributed by atoms with Gasteiger partial charge in [-0.3, -0.25) is 0 Å². The van der Waals surface area contributed by atoms with E-state index in [4.69, 9.17) is 0 Å². The molecule has 0 saturated carbocycles. The third-order valence-electron chi connectivity index (χ3n) is 2.57. The average molecular weight is 190 g/mol. The fourth-order valence-electron chi connectivity index (χ4n) is 1.46. The largest absolute Gasteiger partial charge is 0.303 e. The molecule has 0 N–H and O–H groups in total. The Hall–Kier alpha value is -1.11. The zero-order valence-electron chi connectivity index (χ0n) is 8.99. The summed E-state index contributed by atoms with van der Waals surface area (Å²) >= 11 is 0. The molecule has 0 aliphatic carbocycles. The van der Waals surface area contributed by atoms with Gasteiger partial charge in [0.05, 0.1) is 0 Å². The molecule has 1 rings (SSSR count). The second-order valence-electron chi connectivity index (χ2n) is 4.52. The zero-order chi connectivity index (χ0) is 10.4. The topological polar surface area (TPSA) is 17.1 Å². The van der Waals surface area contributed by atoms with Crippen LogP contribution in [0.4, 0.5) is 0 Å². The van der Waals surface area contributed by atoms with E-state index in [1.54, 1.807) is 0 Å². The predicted octanol–water partition coefficient (Wildman–Crippen LogP) is 3.23. The molecule has 1 aromatic rings. The summed E-state index contributed by atoms with van der Waals surface area (Å²) in [6.45, 7) is 4.29. The highest BCUT2D eigenvalue weighted by Gasteiger charge is 2.16. The van der Waals surface area contributed by atoms with Crippen LogP contribution < -0.4 is 0 Å². The van der Waals surface area contributed by atoms with Gasteiger partial charge in [-0.15, -0.1) is 0 Å². The molecule has 0 aromatic heterocycles. The highest BCUT2D eigenvalue weighted by molar-refractivity contribution is 5.50. The summed E-state index contributed by atoms with van der Waals surface area (Å²) < 4.78 is 0. The van der Waals surface area contributed by atoms with E-state index in [2.05, 4.69) is 38.1 Å². The molecule has 0 spiro atoms. The molecule has 0 fully saturated rings. The second-order valence-corrected chi connectivity index (χ2v) is 4.52. The number of aryl methyl sites for hydroxylation is 1. The monoisotopic (exact) mass is 190 g/mol. The lowest BCUT2D eigenvalue weighted by Crippen LogP contribution is -2.12. The Morgan fingerprint density at radius 2 is 1.86 bits per heavy atom. The smallest absolute Gasteiger partial charge is 0.120 e. The van der Waals surface area contributed by atoms with Crippen molar-refractivity contribution in [2.24, 2.45) is 5.41 Å². The van der Waals surface area contributed by atoms with Gasteiger partial charge in [0, 0.05) is 6.42 Å². The van der Waals surface area contributed by atoms with Crippen molar-refractivity contribution >= 4 is 6.29 Å². The van der Waals surface area contributed by atoms with E-state index < -0.39 is 0 Å². The highest BCUT2D eigenvalue weighted by Crippen LogP contribution is 2.25. The van der Waals surface area contributed by atoms with Crippen LogP contribution in [0.5, 0.6) is 0 Å². The normalized spacial score (nSPS) is 11.3. The number of hydrogen-bond acceptors (Lipinski definition) is 1. The van der Waals surface area contributed by atoms with Gasteiger partial charge in [-0.1, -0.05) is 44.2 Å². The molecular formula is C13H18O. The van der Waals surface area contributed by atoms with E-state index in [1.807, 2.05) is 6.07 Å². The third kappa shape index (κ3) is 3.73. The average Bonchev–Trinajstić information content (AvgIpc) is 2.17. The van der Waals surface area contributed by atoms with E-state index in [0.29, 0.717) is 6.42 Å². The summed E-state index contributed by atoms with van der Waals surface area (Å²) in [5.74, 6) is 0. The maximum atomic E-state index is 10.4. The number of carbonyl (C=O) groups excluding carboxylic acids is 1. The van der Waals surface area contributed by atoms with Crippen LogP contribution in [0.1, 0.15) is 32.3 Å². The fraction of sp³-hybridized carbons (Fsp3) is 0.462. The van der Waals surface area contributed by atoms with Gasteiger partial charge in [0.15, 0.2) is 0 Å². The molecule has 0 saturated heterocycles. The van der Waals surface area contributed by atoms with Gasteiger partial charge in [0.2, 0.25) is 0 Å². The molecule has 0 unspecified atom stereocenters. The first kappa shape index (κ1) is 11.0. The molecule has 14 heavy (non-hydrogen) atoms. The third-order valence-corrected chi connectivity index (χ3v) is 2.57. The van der Waals surface area contributed by atoms with Gasteiger partial charge >= 0.3 is 0 Å². The van der Waals surface area contributed by atoms with Crippen LogP contribution in [0.2, 0.25) is 0 Å². The summed E-state index contributed by atoms with van der Waals surface area (Å²) in [5, 5.41) is 0. The number of rotatable bonds is 5. The Bertz CT molecular complexity index is 275. The van der Waals surface area contributed by atoms with Crippen LogP contribution in [0.25, 0.3) is 0 Å². The molecule has 0 aliphatic rings. The lowest BCUT2D eigenvalue weighted by atomic mass is 9.84. The summed E-state index contributed by atoms with van der Waals surface area (Å²) in [6, 6.07) is 10.4. The Kier molecular flexibility index (Phi) is 3.87. The molecule has 1 nitrogen and oxygen atoms in total. The van der Waals surface area contributed by atoms with E-state index in [9.17, 15) is 4.79 Å². The quantitative estimate of drug-likeness (QED) is 0.651. The maximum Gasteiger partial charge on any atom is 0.120 e. The number of benzene rings is 1. The minimum absolute atomic E-state index is 0.136. The van der Waals surface area contributed by atoms with Crippen molar-refractivity contribution < 1.29 is 4.79 Å². The Balaban J connectivity index is 2.44. The first-order valence-electron chi connectivity index (χ1n) is 5.12. The van der Waals surface area contributed by atoms with Crippen molar-refractivity contribution in [2.45, 2.75) is 33.1 Å². The second kappa shape index (κ2) is 4.94. The maximum absolute atomic E-state index is 10.4. The van der Waals surface area contributed by atoms with Crippen molar-refractivity contribution in [2.75, 3.05) is 0 Å². The summed E-state index contributed by atoms with van der Waals surface area (Å²) in [4.78, 5) is 10.4. The molecule has 1 heteroatoms. The van der Waals surface area contributed by atoms with Crippen LogP contribution in [-0.2, 0) is 11.2 Å². The number of carbonyl (C=O) groups is 1. The molecule has 0 aliphatic heterocycles. The van der Waals surface area contributed by atoms with Crippen LogP contribution in [0.3, 0.4) is 0 Å². The van der Waals surface area contributed by atoms with Crippen LogP contribution in [0.15, 0.2) is 30.3 Å². The molecule has 0 amide bonds. The minimum Gasteiger partial charge on any atom is -0.303 e. The van der Waals surface area contributed by atoms with E-state index >= 15 is 0 Å². The Labute approximate surface area is 86.1 Å². The van der Waals surface area contributed by atoms with Gasteiger partial charge in [0.25, 0.3) is 0 Å². The van der Waals surface area contributed by atoms with Crippen molar-refractivity contribution in [1.29, 1.82) is 0 Å². The van der Waals surface area contributed by atoms with Gasteiger partial charge in [-0.05, 0) is 23.8 Å². The lowest BCUT2D eigenvalue weighted by molar-refractivity contribution is -0.109. The summed E-state index contributed by atoms with van der Waals surface area (Å²) in [7, 11) is 0. The molecule has 0 heterocycles. The summed E-state index contributed by atoms with van der Waals surface area (Å²) in [5.41, 5.74) is 1.49. The fourth-order valence-corrected chi connectivity index (χ4v) is 1.46. The van der Waals surface area contributed by atoms with Gasteiger partial charge in [0.1, 0.15) is 6.29 Å². The van der Waals surface area contributed by atoms with Crippen LogP contribution in [0, 0.1) is 5.41 Å². The first-order chi connectivity index (χ1) is 6.64. The highest BCUT2D eigenvalue weighted by atomic mass is 16.1. The lowest BCUT2D eigenvalue weighted by Gasteiger charge is -2.21. The molecule has 0 radical (unpaired) electrons. The van der Waals surface area contributed by atoms with Crippen molar-refractivity contribution in [3.05, 3.63) is 35.9 Å². The van der Waals surface area contributed by atoms with Gasteiger partial charge in [-0.2, -0.15) is 0 Å². The van der Waals surface area contributed by atoms with E-state index in [1.165, 1.54) is 5.56 Å². The van der Waals surface area contributed by atoms with Gasteiger partial charge in [-0.25, -0.2) is 0 Å². The van der Waals surface area contributed by atoms with Crippen LogP contribution >= 0.6 is 0 Å². The standard InChI is InChI=1S/C13H18O/c1-13(2,10-11-14)9-8-12-6-4-3-5-7-12/h3-7,11H,8-10H2,1-2H3. The minimum atomic E-state index is 0.136. The molecule has 1 aromatic carbocycles. The Morgan fingerprint density at radius 3 is 2.43 bits per heavy atom. The molecule has 76 valence electrons. The van der Waals surface area contributed by atoms with Crippen LogP contribution in [-0.4, -0.2) is 6.29 Å². The number of aldehydes is 1. The van der Waals surface area contributed by atoms with Crippen molar-refractivity contribution in [3.63, 3.8) is 0 Å². The van der Waals surface area contributed by atoms with E-state index in [-0.39, 0.29) is 5.41 Å².